The Bertz CT molecular complexity index is 1240. The zero-order valence-corrected chi connectivity index (χ0v) is 23.8. The van der Waals surface area contributed by atoms with Gasteiger partial charge in [-0.15, -0.1) is 0 Å². The third-order valence-electron chi connectivity index (χ3n) is 7.81. The normalized spacial score (nSPS) is 18.0. The van der Waals surface area contributed by atoms with Crippen LogP contribution in [-0.2, 0) is 10.4 Å². The molecule has 4 rings (SSSR count). The highest BCUT2D eigenvalue weighted by molar-refractivity contribution is 5.96. The number of halogens is 3. The highest BCUT2D eigenvalue weighted by Gasteiger charge is 2.62. The summed E-state index contributed by atoms with van der Waals surface area (Å²) < 4.78 is 53.1. The summed E-state index contributed by atoms with van der Waals surface area (Å²) in [6.07, 6.45) is -3.20. The maximum absolute atomic E-state index is 14.2. The summed E-state index contributed by atoms with van der Waals surface area (Å²) in [6.45, 7) is 3.75. The van der Waals surface area contributed by atoms with E-state index in [0.29, 0.717) is 30.1 Å². The van der Waals surface area contributed by atoms with Crippen LogP contribution >= 0.6 is 0 Å². The van der Waals surface area contributed by atoms with Gasteiger partial charge in [-0.3, -0.25) is 9.59 Å². The van der Waals surface area contributed by atoms with Crippen molar-refractivity contribution >= 4 is 17.6 Å². The Morgan fingerprint density at radius 1 is 1.10 bits per heavy atom. The molecule has 0 saturated carbocycles. The van der Waals surface area contributed by atoms with Crippen LogP contribution in [0.3, 0.4) is 0 Å². The number of aromatic nitrogens is 1. The first kappa shape index (κ1) is 30.4. The second-order valence-corrected chi connectivity index (χ2v) is 10.8. The van der Waals surface area contributed by atoms with Crippen molar-refractivity contribution in [1.29, 1.82) is 0 Å². The van der Waals surface area contributed by atoms with E-state index in [1.807, 2.05) is 0 Å². The van der Waals surface area contributed by atoms with Gasteiger partial charge in [0.25, 0.3) is 17.4 Å². The molecule has 1 atom stereocenters. The number of carbonyl (C=O) groups is 2. The Balaban J connectivity index is 1.33. The molecule has 224 valence electrons. The number of amides is 2. The van der Waals surface area contributed by atoms with Crippen LogP contribution in [0.2, 0.25) is 0 Å². The molecule has 1 aromatic carbocycles. The Morgan fingerprint density at radius 2 is 1.78 bits per heavy atom. The second-order valence-electron chi connectivity index (χ2n) is 10.8. The van der Waals surface area contributed by atoms with E-state index in [1.54, 1.807) is 33.2 Å². The highest BCUT2D eigenvalue weighted by atomic mass is 19.4. The molecular weight excluding hydrogens is 541 g/mol. The number of alkyl halides is 3. The van der Waals surface area contributed by atoms with Crippen LogP contribution in [0.5, 0.6) is 11.6 Å². The third kappa shape index (κ3) is 6.22. The van der Waals surface area contributed by atoms with E-state index < -0.39 is 23.2 Å². The van der Waals surface area contributed by atoms with E-state index in [2.05, 4.69) is 9.88 Å². The first-order valence-electron chi connectivity index (χ1n) is 13.7. The molecule has 1 N–H and O–H groups in total. The van der Waals surface area contributed by atoms with Gasteiger partial charge in [0.2, 0.25) is 5.88 Å². The van der Waals surface area contributed by atoms with Gasteiger partial charge in [-0.1, -0.05) is 12.1 Å². The predicted molar refractivity (Wildman–Crippen MR) is 146 cm³/mol. The van der Waals surface area contributed by atoms with E-state index in [9.17, 15) is 27.9 Å². The average Bonchev–Trinajstić information content (AvgIpc) is 2.93. The minimum Gasteiger partial charge on any atom is -0.494 e. The summed E-state index contributed by atoms with van der Waals surface area (Å²) in [5, 5.41) is 10.8. The van der Waals surface area contributed by atoms with E-state index in [4.69, 9.17) is 9.47 Å². The molecule has 2 saturated heterocycles. The number of carbonyl (C=O) groups excluding carboxylic acids is 2. The molecule has 0 aliphatic carbocycles. The van der Waals surface area contributed by atoms with Gasteiger partial charge in [0.15, 0.2) is 0 Å². The molecule has 2 aromatic rings. The van der Waals surface area contributed by atoms with Crippen LogP contribution in [0, 0.1) is 11.8 Å². The van der Waals surface area contributed by atoms with Gasteiger partial charge < -0.3 is 29.3 Å². The van der Waals surface area contributed by atoms with Crippen molar-refractivity contribution < 1.29 is 37.3 Å². The lowest BCUT2D eigenvalue weighted by Crippen LogP contribution is -2.57. The fraction of sp³-hybridized carbons (Fsp3) is 0.552. The smallest absolute Gasteiger partial charge is 0.430 e. The number of hydrogen-bond donors (Lipinski definition) is 1. The van der Waals surface area contributed by atoms with Crippen molar-refractivity contribution in [2.24, 2.45) is 11.8 Å². The summed E-state index contributed by atoms with van der Waals surface area (Å²) >= 11 is 0. The summed E-state index contributed by atoms with van der Waals surface area (Å²) in [5.41, 5.74) is -3.82. The number of anilines is 1. The maximum atomic E-state index is 14.2. The number of likely N-dealkylation sites (tertiary alicyclic amines) is 1. The van der Waals surface area contributed by atoms with Crippen molar-refractivity contribution in [2.45, 2.75) is 38.0 Å². The molecule has 0 spiro atoms. The number of aliphatic hydroxyl groups is 1. The topological polar surface area (TPSA) is 95.4 Å². The van der Waals surface area contributed by atoms with Gasteiger partial charge in [0, 0.05) is 45.8 Å². The number of piperidine rings is 1. The monoisotopic (exact) mass is 578 g/mol. The van der Waals surface area contributed by atoms with Gasteiger partial charge in [-0.2, -0.15) is 18.2 Å². The number of benzene rings is 1. The lowest BCUT2D eigenvalue weighted by molar-refractivity contribution is -0.262. The largest absolute Gasteiger partial charge is 0.494 e. The molecule has 12 heteroatoms. The van der Waals surface area contributed by atoms with E-state index in [-0.39, 0.29) is 43.2 Å². The second kappa shape index (κ2) is 12.1. The Hall–Kier alpha value is -3.54. The summed E-state index contributed by atoms with van der Waals surface area (Å²) in [6, 6.07) is 8.49. The minimum atomic E-state index is -5.20. The molecule has 1 unspecified atom stereocenters. The number of pyridine rings is 1. The molecular formula is C29H37F3N4O5. The minimum absolute atomic E-state index is 0.142. The molecule has 3 heterocycles. The van der Waals surface area contributed by atoms with Gasteiger partial charge in [0.05, 0.1) is 13.7 Å². The van der Waals surface area contributed by atoms with Gasteiger partial charge in [0.1, 0.15) is 17.1 Å². The van der Waals surface area contributed by atoms with Crippen LogP contribution in [0.4, 0.5) is 19.0 Å². The quantitative estimate of drug-likeness (QED) is 0.485. The Morgan fingerprint density at radius 3 is 2.37 bits per heavy atom. The Labute approximate surface area is 237 Å². The summed E-state index contributed by atoms with van der Waals surface area (Å²) in [5.74, 6) is 0.225. The van der Waals surface area contributed by atoms with Crippen molar-refractivity contribution in [3.05, 3.63) is 47.5 Å². The lowest BCUT2D eigenvalue weighted by atomic mass is 9.83. The van der Waals surface area contributed by atoms with E-state index in [0.717, 1.165) is 36.5 Å². The SMILES string of the molecule is CCOc1cccc(C(O)(C(=O)N2CCC(CC3CN(c4ccc(C(=O)N(C)C)c(OC)n4)C3)CC2)C(F)(F)F)c1. The van der Waals surface area contributed by atoms with Crippen molar-refractivity contribution in [3.8, 4) is 11.6 Å². The lowest BCUT2D eigenvalue weighted by Gasteiger charge is -2.43. The molecule has 2 fully saturated rings. The number of hydrogen-bond acceptors (Lipinski definition) is 7. The van der Waals surface area contributed by atoms with Crippen LogP contribution in [0.15, 0.2) is 36.4 Å². The molecule has 41 heavy (non-hydrogen) atoms. The first-order chi connectivity index (χ1) is 19.4. The zero-order chi connectivity index (χ0) is 29.9. The van der Waals surface area contributed by atoms with Crippen LogP contribution in [0.25, 0.3) is 0 Å². The number of methoxy groups -OCH3 is 1. The van der Waals surface area contributed by atoms with Crippen molar-refractivity contribution in [1.82, 2.24) is 14.8 Å². The first-order valence-corrected chi connectivity index (χ1v) is 13.7. The van der Waals surface area contributed by atoms with Gasteiger partial charge >= 0.3 is 6.18 Å². The Kier molecular flexibility index (Phi) is 9.00. The fourth-order valence-electron chi connectivity index (χ4n) is 5.53. The molecule has 0 radical (unpaired) electrons. The maximum Gasteiger partial charge on any atom is 0.430 e. The van der Waals surface area contributed by atoms with Gasteiger partial charge in [-0.05, 0) is 62.3 Å². The van der Waals surface area contributed by atoms with Crippen molar-refractivity contribution in [3.63, 3.8) is 0 Å². The van der Waals surface area contributed by atoms with Crippen LogP contribution in [-0.4, -0.2) is 91.9 Å². The summed E-state index contributed by atoms with van der Waals surface area (Å²) in [4.78, 5) is 34.7. The number of ether oxygens (including phenoxy) is 2. The average molecular weight is 579 g/mol. The number of rotatable bonds is 9. The zero-order valence-electron chi connectivity index (χ0n) is 23.8. The van der Waals surface area contributed by atoms with E-state index in [1.165, 1.54) is 24.1 Å². The molecule has 9 nitrogen and oxygen atoms in total. The molecule has 2 aliphatic heterocycles. The standard InChI is InChI=1S/C29H37F3N4O5/c1-5-41-22-8-6-7-21(16-22)28(39,29(30,31)32)27(38)35-13-11-19(12-14-35)15-20-17-36(18-20)24-10-9-23(25(33-24)40-4)26(37)34(2)3/h6-10,16,19-20,39H,5,11-15,17-18H2,1-4H3. The molecule has 0 bridgehead atoms. The molecule has 2 amide bonds. The van der Waals surface area contributed by atoms with Crippen molar-refractivity contribution in [2.75, 3.05) is 58.9 Å². The molecule has 1 aromatic heterocycles. The highest BCUT2D eigenvalue weighted by Crippen LogP contribution is 2.42. The van der Waals surface area contributed by atoms with Crippen LogP contribution < -0.4 is 14.4 Å². The molecule has 2 aliphatic rings. The number of nitrogens with zero attached hydrogens (tertiary/aromatic N) is 4. The predicted octanol–water partition coefficient (Wildman–Crippen LogP) is 3.71. The van der Waals surface area contributed by atoms with E-state index >= 15 is 0 Å². The fourth-order valence-corrected chi connectivity index (χ4v) is 5.53. The summed E-state index contributed by atoms with van der Waals surface area (Å²) in [7, 11) is 4.80. The third-order valence-corrected chi connectivity index (χ3v) is 7.81. The van der Waals surface area contributed by atoms with Gasteiger partial charge in [-0.25, -0.2) is 0 Å². The van der Waals surface area contributed by atoms with Crippen LogP contribution in [0.1, 0.15) is 42.1 Å².